The first kappa shape index (κ1) is 12.2. The molecule has 0 amide bonds. The van der Waals surface area contributed by atoms with E-state index >= 15 is 0 Å². The van der Waals surface area contributed by atoms with E-state index in [4.69, 9.17) is 0 Å². The third-order valence-corrected chi connectivity index (χ3v) is 2.61. The van der Waals surface area contributed by atoms with E-state index in [1.54, 1.807) is 0 Å². The number of hydrogen-bond acceptors (Lipinski definition) is 2. The molecule has 2 nitrogen and oxygen atoms in total. The highest BCUT2D eigenvalue weighted by molar-refractivity contribution is 5.21. The molecule has 0 aliphatic heterocycles. The normalized spacial score (nSPS) is 14.9. The van der Waals surface area contributed by atoms with Gasteiger partial charge in [-0.3, -0.25) is 0 Å². The second-order valence-electron chi connectivity index (χ2n) is 4.14. The van der Waals surface area contributed by atoms with Gasteiger partial charge in [0.15, 0.2) is 0 Å². The molecule has 1 rings (SSSR count). The Morgan fingerprint density at radius 2 is 1.87 bits per heavy atom. The second-order valence-corrected chi connectivity index (χ2v) is 4.14. The van der Waals surface area contributed by atoms with Gasteiger partial charge in [0.1, 0.15) is 0 Å². The van der Waals surface area contributed by atoms with E-state index in [9.17, 15) is 5.11 Å². The average Bonchev–Trinajstić information content (AvgIpc) is 2.26. The molecule has 0 fully saturated rings. The van der Waals surface area contributed by atoms with Crippen molar-refractivity contribution < 1.29 is 5.11 Å². The largest absolute Gasteiger partial charge is 0.385 e. The molecule has 0 saturated heterocycles. The van der Waals surface area contributed by atoms with Crippen LogP contribution in [0.4, 0.5) is 0 Å². The van der Waals surface area contributed by atoms with Crippen molar-refractivity contribution in [1.29, 1.82) is 0 Å². The number of benzene rings is 1. The molecule has 2 heteroatoms. The summed E-state index contributed by atoms with van der Waals surface area (Å²) in [5.41, 5.74) is 0.269. The summed E-state index contributed by atoms with van der Waals surface area (Å²) in [6.07, 6.45) is 1.88. The molecule has 0 bridgehead atoms. The van der Waals surface area contributed by atoms with Gasteiger partial charge in [0.25, 0.3) is 0 Å². The van der Waals surface area contributed by atoms with Crippen molar-refractivity contribution in [3.63, 3.8) is 0 Å². The summed E-state index contributed by atoms with van der Waals surface area (Å²) in [5.74, 6) is 0. The molecule has 1 aromatic rings. The van der Waals surface area contributed by atoms with Crippen LogP contribution in [-0.2, 0) is 5.60 Å². The first-order valence-corrected chi connectivity index (χ1v) is 5.65. The maximum absolute atomic E-state index is 10.2. The van der Waals surface area contributed by atoms with Gasteiger partial charge in [-0.15, -0.1) is 0 Å². The summed E-state index contributed by atoms with van der Waals surface area (Å²) in [7, 11) is 0. The summed E-state index contributed by atoms with van der Waals surface area (Å²) in [6.45, 7) is 5.89. The lowest BCUT2D eigenvalue weighted by atomic mass is 9.93. The molecule has 0 aliphatic rings. The highest BCUT2D eigenvalue weighted by Gasteiger charge is 2.21. The molecule has 1 atom stereocenters. The van der Waals surface area contributed by atoms with Gasteiger partial charge in [-0.05, 0) is 38.4 Å². The topological polar surface area (TPSA) is 32.3 Å². The van der Waals surface area contributed by atoms with Gasteiger partial charge in [0.05, 0.1) is 5.60 Å². The monoisotopic (exact) mass is 207 g/mol. The van der Waals surface area contributed by atoms with Gasteiger partial charge in [-0.2, -0.15) is 0 Å². The molecule has 0 heterocycles. The minimum absolute atomic E-state index is 0.720. The van der Waals surface area contributed by atoms with E-state index in [0.717, 1.165) is 31.5 Å². The number of nitrogens with one attached hydrogen (secondary N) is 1. The van der Waals surface area contributed by atoms with Crippen molar-refractivity contribution in [2.45, 2.75) is 32.3 Å². The van der Waals surface area contributed by atoms with E-state index in [1.165, 1.54) is 0 Å². The van der Waals surface area contributed by atoms with Crippen LogP contribution in [0.25, 0.3) is 0 Å². The Bertz CT molecular complexity index is 269. The van der Waals surface area contributed by atoms with Crippen molar-refractivity contribution in [2.24, 2.45) is 0 Å². The van der Waals surface area contributed by atoms with Gasteiger partial charge in [-0.1, -0.05) is 37.3 Å². The first-order chi connectivity index (χ1) is 7.17. The van der Waals surface area contributed by atoms with E-state index in [1.807, 2.05) is 37.3 Å². The van der Waals surface area contributed by atoms with Crippen LogP contribution in [0.2, 0.25) is 0 Å². The first-order valence-electron chi connectivity index (χ1n) is 5.65. The van der Waals surface area contributed by atoms with Crippen LogP contribution >= 0.6 is 0 Å². The Kier molecular flexibility index (Phi) is 4.79. The third-order valence-electron chi connectivity index (χ3n) is 2.61. The predicted octanol–water partition coefficient (Wildman–Crippen LogP) is 2.28. The van der Waals surface area contributed by atoms with Gasteiger partial charge < -0.3 is 10.4 Å². The van der Waals surface area contributed by atoms with Gasteiger partial charge in [0, 0.05) is 0 Å². The lowest BCUT2D eigenvalue weighted by Gasteiger charge is -2.23. The van der Waals surface area contributed by atoms with Crippen molar-refractivity contribution >= 4 is 0 Å². The van der Waals surface area contributed by atoms with E-state index in [-0.39, 0.29) is 0 Å². The maximum atomic E-state index is 10.2. The highest BCUT2D eigenvalue weighted by atomic mass is 16.3. The summed E-state index contributed by atoms with van der Waals surface area (Å²) >= 11 is 0. The van der Waals surface area contributed by atoms with Crippen molar-refractivity contribution in [2.75, 3.05) is 13.1 Å². The molecular weight excluding hydrogens is 186 g/mol. The summed E-state index contributed by atoms with van der Waals surface area (Å²) in [5, 5.41) is 13.5. The predicted molar refractivity (Wildman–Crippen MR) is 63.8 cm³/mol. The van der Waals surface area contributed by atoms with Crippen LogP contribution in [0.15, 0.2) is 30.3 Å². The van der Waals surface area contributed by atoms with E-state index in [2.05, 4.69) is 12.2 Å². The Labute approximate surface area is 92.3 Å². The maximum Gasteiger partial charge on any atom is 0.0880 e. The van der Waals surface area contributed by atoms with Crippen molar-refractivity contribution in [3.8, 4) is 0 Å². The minimum atomic E-state index is -0.720. The highest BCUT2D eigenvalue weighted by Crippen LogP contribution is 2.23. The molecule has 15 heavy (non-hydrogen) atoms. The third kappa shape index (κ3) is 4.02. The number of aliphatic hydroxyl groups is 1. The van der Waals surface area contributed by atoms with Crippen LogP contribution in [0.1, 0.15) is 32.3 Å². The van der Waals surface area contributed by atoms with E-state index in [0.29, 0.717) is 0 Å². The lowest BCUT2D eigenvalue weighted by Crippen LogP contribution is -2.28. The molecule has 1 aromatic carbocycles. The van der Waals surface area contributed by atoms with Gasteiger partial charge >= 0.3 is 0 Å². The van der Waals surface area contributed by atoms with Crippen molar-refractivity contribution in [3.05, 3.63) is 35.9 Å². The standard InChI is InChI=1S/C13H21NO/c1-3-10-14-11-9-13(2,15)12-7-5-4-6-8-12/h4-8,14-15H,3,9-11H2,1-2H3. The minimum Gasteiger partial charge on any atom is -0.385 e. The Morgan fingerprint density at radius 3 is 2.47 bits per heavy atom. The molecule has 2 N–H and O–H groups in total. The smallest absolute Gasteiger partial charge is 0.0880 e. The zero-order valence-electron chi connectivity index (χ0n) is 9.66. The lowest BCUT2D eigenvalue weighted by molar-refractivity contribution is 0.0481. The fourth-order valence-electron chi connectivity index (χ4n) is 1.58. The van der Waals surface area contributed by atoms with Crippen LogP contribution in [0.3, 0.4) is 0 Å². The van der Waals surface area contributed by atoms with E-state index < -0.39 is 5.60 Å². The SMILES string of the molecule is CCCNCCC(C)(O)c1ccccc1. The quantitative estimate of drug-likeness (QED) is 0.701. The summed E-state index contributed by atoms with van der Waals surface area (Å²) in [6, 6.07) is 9.83. The van der Waals surface area contributed by atoms with Gasteiger partial charge in [0.2, 0.25) is 0 Å². The van der Waals surface area contributed by atoms with Gasteiger partial charge in [-0.25, -0.2) is 0 Å². The number of hydrogen-bond donors (Lipinski definition) is 2. The van der Waals surface area contributed by atoms with Crippen LogP contribution in [0, 0.1) is 0 Å². The fourth-order valence-corrected chi connectivity index (χ4v) is 1.58. The molecule has 0 aromatic heterocycles. The molecular formula is C13H21NO. The summed E-state index contributed by atoms with van der Waals surface area (Å²) in [4.78, 5) is 0. The van der Waals surface area contributed by atoms with Crippen LogP contribution in [-0.4, -0.2) is 18.2 Å². The molecule has 0 spiro atoms. The second kappa shape index (κ2) is 5.89. The summed E-state index contributed by atoms with van der Waals surface area (Å²) < 4.78 is 0. The fraction of sp³-hybridized carbons (Fsp3) is 0.538. The zero-order valence-corrected chi connectivity index (χ0v) is 9.66. The Morgan fingerprint density at radius 1 is 1.20 bits per heavy atom. The molecule has 1 unspecified atom stereocenters. The zero-order chi connectivity index (χ0) is 11.1. The molecule has 0 aliphatic carbocycles. The van der Waals surface area contributed by atoms with Crippen LogP contribution in [0.5, 0.6) is 0 Å². The molecule has 0 saturated carbocycles. The number of rotatable bonds is 6. The average molecular weight is 207 g/mol. The molecule has 84 valence electrons. The van der Waals surface area contributed by atoms with Crippen LogP contribution < -0.4 is 5.32 Å². The Hall–Kier alpha value is -0.860. The Balaban J connectivity index is 2.45. The van der Waals surface area contributed by atoms with Crippen molar-refractivity contribution in [1.82, 2.24) is 5.32 Å². The molecule has 0 radical (unpaired) electrons.